The molecule has 0 heterocycles. The van der Waals surface area contributed by atoms with Crippen LogP contribution in [-0.4, -0.2) is 47.5 Å². The molecule has 8 heteroatoms. The molecule has 0 aromatic heterocycles. The summed E-state index contributed by atoms with van der Waals surface area (Å²) in [6.07, 6.45) is -1.07. The molecule has 0 saturated carbocycles. The van der Waals surface area contributed by atoms with E-state index in [0.29, 0.717) is 16.9 Å². The molecule has 0 aliphatic heterocycles. The molecule has 3 aromatic carbocycles. The smallest absolute Gasteiger partial charge is 0.407 e. The summed E-state index contributed by atoms with van der Waals surface area (Å²) in [7, 11) is -2.41. The van der Waals surface area contributed by atoms with Gasteiger partial charge in [0.25, 0.3) is 5.91 Å². The second-order valence-electron chi connectivity index (χ2n) is 8.77. The molecule has 4 N–H and O–H groups in total. The van der Waals surface area contributed by atoms with Crippen molar-refractivity contribution >= 4 is 30.5 Å². The molecule has 7 nitrogen and oxygen atoms in total. The average molecular weight is 480 g/mol. The second-order valence-corrected chi connectivity index (χ2v) is 12.5. The van der Waals surface area contributed by atoms with Gasteiger partial charge in [0.15, 0.2) is 0 Å². The molecule has 3 rings (SSSR count). The van der Waals surface area contributed by atoms with Crippen molar-refractivity contribution in [1.82, 2.24) is 4.90 Å². The number of carbonyl (C=O) groups excluding carboxylic acids is 1. The van der Waals surface area contributed by atoms with Gasteiger partial charge in [0.2, 0.25) is 0 Å². The molecule has 2 amide bonds. The van der Waals surface area contributed by atoms with Crippen LogP contribution in [0.5, 0.6) is 0 Å². The molecule has 0 bridgehead atoms. The minimum atomic E-state index is -2.41. The summed E-state index contributed by atoms with van der Waals surface area (Å²) < 4.78 is 12.2. The van der Waals surface area contributed by atoms with Crippen molar-refractivity contribution in [1.29, 1.82) is 0 Å². The van der Waals surface area contributed by atoms with Gasteiger partial charge >= 0.3 is 6.09 Å². The van der Waals surface area contributed by atoms with E-state index in [1.807, 2.05) is 42.5 Å². The fourth-order valence-corrected chi connectivity index (χ4v) is 3.97. The Kier molecular flexibility index (Phi) is 7.79. The number of nitrogens with one attached hydrogen (secondary N) is 1. The topological polar surface area (TPSA) is 113 Å². The van der Waals surface area contributed by atoms with E-state index in [4.69, 9.17) is 5.73 Å². The van der Waals surface area contributed by atoms with Crippen LogP contribution >= 0.6 is 7.14 Å². The monoisotopic (exact) mass is 479 g/mol. The number of hydrogen-bond acceptors (Lipinski definition) is 4. The maximum absolute atomic E-state index is 12.8. The molecule has 34 heavy (non-hydrogen) atoms. The van der Waals surface area contributed by atoms with Crippen molar-refractivity contribution in [2.75, 3.05) is 30.9 Å². The van der Waals surface area contributed by atoms with E-state index >= 15 is 0 Å². The van der Waals surface area contributed by atoms with Crippen LogP contribution < -0.4 is 11.1 Å². The summed E-state index contributed by atoms with van der Waals surface area (Å²) in [4.78, 5) is 25.7. The fourth-order valence-electron chi connectivity index (χ4n) is 3.38. The summed E-state index contributed by atoms with van der Waals surface area (Å²) in [5.41, 5.74) is 9.92. The Morgan fingerprint density at radius 3 is 2.24 bits per heavy atom. The number of benzene rings is 3. The van der Waals surface area contributed by atoms with Gasteiger partial charge in [-0.15, -0.1) is 0 Å². The highest BCUT2D eigenvalue weighted by molar-refractivity contribution is 7.63. The molecular weight excluding hydrogens is 449 g/mol. The average Bonchev–Trinajstić information content (AvgIpc) is 2.80. The van der Waals surface area contributed by atoms with Gasteiger partial charge in [0, 0.05) is 24.3 Å². The zero-order chi connectivity index (χ0) is 24.9. The number of anilines is 2. The highest BCUT2D eigenvalue weighted by Crippen LogP contribution is 2.42. The van der Waals surface area contributed by atoms with Crippen LogP contribution in [0.15, 0.2) is 72.8 Å². The summed E-state index contributed by atoms with van der Waals surface area (Å²) >= 11 is 0. The summed E-state index contributed by atoms with van der Waals surface area (Å²) in [5.74, 6) is -0.315. The highest BCUT2D eigenvalue weighted by atomic mass is 31.2. The minimum Gasteiger partial charge on any atom is -0.465 e. The third-order valence-electron chi connectivity index (χ3n) is 5.81. The van der Waals surface area contributed by atoms with Crippen LogP contribution in [0, 0.1) is 0 Å². The lowest BCUT2D eigenvalue weighted by molar-refractivity contribution is 0.102. The van der Waals surface area contributed by atoms with Crippen LogP contribution in [0.2, 0.25) is 0 Å². The third-order valence-corrected chi connectivity index (χ3v) is 8.10. The lowest BCUT2D eigenvalue weighted by Gasteiger charge is -2.25. The Bertz CT molecular complexity index is 1210. The third kappa shape index (κ3) is 6.49. The molecule has 0 aliphatic carbocycles. The molecule has 1 atom stereocenters. The SMILES string of the molecule is CC(CN(Cc1ccc(C(=O)Nc2cc(-c3ccccc3)ccc2N)cc1)C(=O)O)P(C)(C)=O. The van der Waals surface area contributed by atoms with Crippen LogP contribution in [0.25, 0.3) is 11.1 Å². The first-order valence-electron chi connectivity index (χ1n) is 10.9. The maximum Gasteiger partial charge on any atom is 0.407 e. The number of amides is 2. The van der Waals surface area contributed by atoms with Crippen LogP contribution in [0.3, 0.4) is 0 Å². The van der Waals surface area contributed by atoms with Crippen LogP contribution in [-0.2, 0) is 11.1 Å². The Hall–Kier alpha value is -3.57. The Morgan fingerprint density at radius 1 is 1.00 bits per heavy atom. The minimum absolute atomic E-state index is 0.146. The fraction of sp³-hybridized carbons (Fsp3) is 0.231. The second kappa shape index (κ2) is 10.6. The molecule has 0 saturated heterocycles. The number of hydrogen-bond donors (Lipinski definition) is 3. The molecule has 0 fully saturated rings. The van der Waals surface area contributed by atoms with Gasteiger partial charge in [-0.2, -0.15) is 0 Å². The van der Waals surface area contributed by atoms with Crippen molar-refractivity contribution in [3.63, 3.8) is 0 Å². The predicted octanol–water partition coefficient (Wildman–Crippen LogP) is 5.68. The zero-order valence-electron chi connectivity index (χ0n) is 19.6. The number of rotatable bonds is 8. The Labute approximate surface area is 200 Å². The molecular formula is C26H30N3O4P. The molecule has 3 aromatic rings. The van der Waals surface area contributed by atoms with Gasteiger partial charge in [0.05, 0.1) is 18.5 Å². The van der Waals surface area contributed by atoms with E-state index in [0.717, 1.165) is 16.7 Å². The van der Waals surface area contributed by atoms with Gasteiger partial charge in [-0.25, -0.2) is 4.79 Å². The molecule has 178 valence electrons. The quantitative estimate of drug-likeness (QED) is 0.284. The van der Waals surface area contributed by atoms with Gasteiger partial charge in [-0.3, -0.25) is 4.79 Å². The first-order valence-corrected chi connectivity index (χ1v) is 13.6. The summed E-state index contributed by atoms with van der Waals surface area (Å²) in [6.45, 7) is 5.44. The molecule has 1 unspecified atom stereocenters. The van der Waals surface area contributed by atoms with Gasteiger partial charge in [-0.1, -0.05) is 55.5 Å². The molecule has 0 radical (unpaired) electrons. The van der Waals surface area contributed by atoms with Crippen molar-refractivity contribution in [2.45, 2.75) is 19.1 Å². The van der Waals surface area contributed by atoms with Crippen LogP contribution in [0.4, 0.5) is 16.2 Å². The number of carboxylic acid groups (broad SMARTS) is 1. The standard InChI is InChI=1S/C26H30N3O4P/c1-18(34(2,3)33)16-29(26(31)32)17-19-9-11-21(12-10-19)25(30)28-24-15-22(13-14-23(24)27)20-7-5-4-6-8-20/h4-15,18H,16-17,27H2,1-3H3,(H,28,30)(H,31,32). The summed E-state index contributed by atoms with van der Waals surface area (Å²) in [5, 5.41) is 12.4. The van der Waals surface area contributed by atoms with Gasteiger partial charge < -0.3 is 25.6 Å². The number of nitrogens with two attached hydrogens (primary N) is 1. The lowest BCUT2D eigenvalue weighted by atomic mass is 10.0. The van der Waals surface area contributed by atoms with Crippen molar-refractivity contribution in [3.8, 4) is 11.1 Å². The maximum atomic E-state index is 12.8. The Morgan fingerprint density at radius 2 is 1.65 bits per heavy atom. The summed E-state index contributed by atoms with van der Waals surface area (Å²) in [6, 6.07) is 22.0. The lowest BCUT2D eigenvalue weighted by Crippen LogP contribution is -2.34. The van der Waals surface area contributed by atoms with E-state index in [9.17, 15) is 19.3 Å². The number of nitrogen functional groups attached to an aromatic ring is 1. The number of nitrogens with zero attached hydrogens (tertiary/aromatic N) is 1. The van der Waals surface area contributed by atoms with Gasteiger partial charge in [-0.05, 0) is 54.3 Å². The molecule has 0 spiro atoms. The van der Waals surface area contributed by atoms with E-state index in [1.165, 1.54) is 4.90 Å². The first kappa shape index (κ1) is 25.1. The van der Waals surface area contributed by atoms with E-state index < -0.39 is 13.2 Å². The largest absolute Gasteiger partial charge is 0.465 e. The van der Waals surface area contributed by atoms with E-state index in [2.05, 4.69) is 5.32 Å². The zero-order valence-corrected chi connectivity index (χ0v) is 20.5. The van der Waals surface area contributed by atoms with Gasteiger partial charge in [0.1, 0.15) is 0 Å². The molecule has 0 aliphatic rings. The highest BCUT2D eigenvalue weighted by Gasteiger charge is 2.24. The first-order chi connectivity index (χ1) is 16.0. The Balaban J connectivity index is 1.71. The van der Waals surface area contributed by atoms with Crippen molar-refractivity contribution in [2.24, 2.45) is 0 Å². The van der Waals surface area contributed by atoms with E-state index in [-0.39, 0.29) is 24.7 Å². The van der Waals surface area contributed by atoms with Crippen molar-refractivity contribution in [3.05, 3.63) is 83.9 Å². The normalized spacial score (nSPS) is 12.1. The van der Waals surface area contributed by atoms with Crippen molar-refractivity contribution < 1.29 is 19.3 Å². The predicted molar refractivity (Wildman–Crippen MR) is 138 cm³/mol. The number of carbonyl (C=O) groups is 2. The van der Waals surface area contributed by atoms with E-state index in [1.54, 1.807) is 50.6 Å². The van der Waals surface area contributed by atoms with Crippen LogP contribution in [0.1, 0.15) is 22.8 Å².